The van der Waals surface area contributed by atoms with Crippen LogP contribution in [0.1, 0.15) is 106 Å². The van der Waals surface area contributed by atoms with Crippen molar-refractivity contribution in [3.05, 3.63) is 11.6 Å². The van der Waals surface area contributed by atoms with Crippen LogP contribution in [0, 0.1) is 56.2 Å². The van der Waals surface area contributed by atoms with Crippen LogP contribution in [0.15, 0.2) is 11.6 Å². The highest BCUT2D eigenvalue weighted by molar-refractivity contribution is 5.79. The summed E-state index contributed by atoms with van der Waals surface area (Å²) in [5, 5.41) is 143. The first-order valence-electron chi connectivity index (χ1n) is 27.6. The molecule has 13 N–H and O–H groups in total. The largest absolute Gasteiger partial charge is 0.467 e. The van der Waals surface area contributed by atoms with Gasteiger partial charge in [0.1, 0.15) is 85.5 Å². The van der Waals surface area contributed by atoms with Gasteiger partial charge in [-0.15, -0.1) is 0 Å². The van der Waals surface area contributed by atoms with E-state index in [0.717, 1.165) is 20.0 Å². The van der Waals surface area contributed by atoms with Crippen molar-refractivity contribution in [3.63, 3.8) is 0 Å². The second kappa shape index (κ2) is 21.3. The van der Waals surface area contributed by atoms with Crippen molar-refractivity contribution in [3.8, 4) is 0 Å². The summed E-state index contributed by atoms with van der Waals surface area (Å²) in [5.41, 5.74) is -2.12. The normalized spacial score (nSPS) is 53.3. The van der Waals surface area contributed by atoms with Crippen molar-refractivity contribution >= 4 is 11.9 Å². The lowest BCUT2D eigenvalue weighted by atomic mass is 9.32. The van der Waals surface area contributed by atoms with Gasteiger partial charge in [0.2, 0.25) is 6.29 Å². The summed E-state index contributed by atoms with van der Waals surface area (Å²) in [6.45, 7) is 13.3. The Morgan fingerprint density at radius 2 is 1.23 bits per heavy atom. The average Bonchev–Trinajstić information content (AvgIpc) is 3.37. The summed E-state index contributed by atoms with van der Waals surface area (Å²) in [6.07, 6.45) is -25.8. The van der Waals surface area contributed by atoms with Crippen LogP contribution in [0.25, 0.3) is 0 Å². The Morgan fingerprint density at radius 3 is 1.90 bits per heavy atom. The number of allylic oxidation sites excluding steroid dienone is 2. The van der Waals surface area contributed by atoms with Gasteiger partial charge in [-0.3, -0.25) is 4.79 Å². The zero-order chi connectivity index (χ0) is 56.4. The number of hydrogen-bond acceptors (Lipinski definition) is 23. The monoisotopic (exact) mass is 1100 g/mol. The second-order valence-electron chi connectivity index (χ2n) is 26.3. The fraction of sp³-hybridized carbons (Fsp3) is 0.926. The average molecular weight is 1100 g/mol. The Balaban J connectivity index is 0.984. The molecule has 0 radical (unpaired) electrons. The molecule has 8 fully saturated rings. The summed E-state index contributed by atoms with van der Waals surface area (Å²) in [5.74, 6) is -2.85. The van der Waals surface area contributed by atoms with E-state index >= 15 is 0 Å². The fourth-order valence-electron chi connectivity index (χ4n) is 17.0. The number of aliphatic hydroxyl groups excluding tert-OH is 13. The van der Waals surface area contributed by atoms with E-state index in [1.165, 1.54) is 5.57 Å². The number of hydrogen-bond donors (Lipinski definition) is 13. The lowest BCUT2D eigenvalue weighted by molar-refractivity contribution is -0.369. The van der Waals surface area contributed by atoms with E-state index in [1.807, 2.05) is 13.8 Å². The highest BCUT2D eigenvalue weighted by atomic mass is 16.7. The van der Waals surface area contributed by atoms with Crippen molar-refractivity contribution in [1.82, 2.24) is 0 Å². The Labute approximate surface area is 448 Å². The van der Waals surface area contributed by atoms with E-state index in [4.69, 9.17) is 37.9 Å². The standard InChI is InChI=1S/C54H86O23/c1-49(2)13-15-54(48(69)77-46-36(64)34(62)32(60)26(19-55)72-46)16-14-52(6)22(23(54)17-49)9-10-29-51(5)18-24(57)30(50(3,4)28(51)11-12-53(29,52)7)40-37(65)42(38(66)43(74-40)44(68)70-8)76-47-39(67)41(33(61)27(20-56)73-47)75-45-35(63)31(59)25(58)21-71-45/h9,23-43,45-47,55-67H,10-21H2,1-8H3/t23-,24-,25+,26+,27+,28-,29+,30+,31-,32+,33-,34-,35+,36+,37-,38-,39+,40-,41-,42+,43-,45-,46-,47-,51-,52+,53+,54-/m0/s1. The fourth-order valence-corrected chi connectivity index (χ4v) is 17.0. The van der Waals surface area contributed by atoms with Gasteiger partial charge in [-0.1, -0.05) is 60.1 Å². The summed E-state index contributed by atoms with van der Waals surface area (Å²) < 4.78 is 46.1. The molecule has 0 aromatic heterocycles. The van der Waals surface area contributed by atoms with Gasteiger partial charge < -0.3 is 104 Å². The molecule has 4 saturated heterocycles. The van der Waals surface area contributed by atoms with Gasteiger partial charge in [0.25, 0.3) is 0 Å². The molecular weight excluding hydrogens is 1020 g/mol. The first-order valence-corrected chi connectivity index (χ1v) is 27.6. The van der Waals surface area contributed by atoms with Crippen LogP contribution in [-0.4, -0.2) is 228 Å². The number of aliphatic hydroxyl groups is 13. The molecule has 440 valence electrons. The zero-order valence-corrected chi connectivity index (χ0v) is 45.3. The highest BCUT2D eigenvalue weighted by Gasteiger charge is 2.72. The predicted molar refractivity (Wildman–Crippen MR) is 262 cm³/mol. The molecule has 0 amide bonds. The lowest BCUT2D eigenvalue weighted by Crippen LogP contribution is -2.71. The SMILES string of the molecule is COC(=O)[C@H]1O[C@@H]([C@H]2[C@@H](O)C[C@]3(C)[C@H]4CC=C5[C@@H]6CC(C)(C)CC[C@]6(C(=O)O[C@@H]6O[C@H](CO)[C@@H](O)[C@H](O)[C@H]6O)CC[C@@]5(C)[C@]4(C)CC[C@H]3C2(C)C)[C@H](O)[C@@H](O[C@@H]2O[C@H](CO)[C@H](O)[C@H](O[C@@H]3OC[C@@H](O)[C@H](O)[C@H]3O)[C@H]2O)[C@@H]1O. The molecule has 0 aromatic carbocycles. The Bertz CT molecular complexity index is 2180. The Kier molecular flexibility index (Phi) is 16.5. The molecule has 4 saturated carbocycles. The molecule has 4 aliphatic heterocycles. The van der Waals surface area contributed by atoms with Crippen LogP contribution in [0.5, 0.6) is 0 Å². The van der Waals surface area contributed by atoms with E-state index in [2.05, 4.69) is 40.7 Å². The third kappa shape index (κ3) is 9.47. The van der Waals surface area contributed by atoms with Crippen molar-refractivity contribution in [1.29, 1.82) is 0 Å². The number of methoxy groups -OCH3 is 1. The third-order valence-electron chi connectivity index (χ3n) is 21.5. The zero-order valence-electron chi connectivity index (χ0n) is 45.3. The number of ether oxygens (including phenoxy) is 8. The minimum atomic E-state index is -1.98. The molecule has 23 nitrogen and oxygen atoms in total. The summed E-state index contributed by atoms with van der Waals surface area (Å²) in [7, 11) is 1.08. The van der Waals surface area contributed by atoms with Gasteiger partial charge in [-0.05, 0) is 103 Å². The summed E-state index contributed by atoms with van der Waals surface area (Å²) in [4.78, 5) is 28.3. The third-order valence-corrected chi connectivity index (χ3v) is 21.5. The number of fused-ring (bicyclic) bond motifs is 7. The van der Waals surface area contributed by atoms with Crippen LogP contribution in [0.4, 0.5) is 0 Å². The first kappa shape index (κ1) is 59.5. The molecule has 23 heteroatoms. The number of esters is 2. The lowest BCUT2D eigenvalue weighted by Gasteiger charge is -2.72. The topological polar surface area (TPSA) is 371 Å². The number of carbonyl (C=O) groups excluding carboxylic acids is 2. The smallest absolute Gasteiger partial charge is 0.337 e. The Morgan fingerprint density at radius 1 is 0.623 bits per heavy atom. The quantitative estimate of drug-likeness (QED) is 0.0833. The van der Waals surface area contributed by atoms with E-state index in [0.29, 0.717) is 38.5 Å². The minimum Gasteiger partial charge on any atom is -0.467 e. The van der Waals surface area contributed by atoms with E-state index in [9.17, 15) is 76.0 Å². The van der Waals surface area contributed by atoms with Gasteiger partial charge in [-0.2, -0.15) is 0 Å². The van der Waals surface area contributed by atoms with Gasteiger partial charge in [-0.25, -0.2) is 4.79 Å². The molecule has 0 bridgehead atoms. The van der Waals surface area contributed by atoms with E-state index in [-0.39, 0.29) is 35.0 Å². The van der Waals surface area contributed by atoms with Gasteiger partial charge >= 0.3 is 11.9 Å². The van der Waals surface area contributed by atoms with Crippen molar-refractivity contribution in [2.45, 2.75) is 229 Å². The van der Waals surface area contributed by atoms with Crippen LogP contribution >= 0.6 is 0 Å². The number of carbonyl (C=O) groups is 2. The molecule has 5 aliphatic carbocycles. The maximum atomic E-state index is 14.8. The first-order chi connectivity index (χ1) is 36.0. The molecule has 0 unspecified atom stereocenters. The molecule has 28 atom stereocenters. The molecule has 77 heavy (non-hydrogen) atoms. The molecule has 0 spiro atoms. The predicted octanol–water partition coefficient (Wildman–Crippen LogP) is -1.97. The number of rotatable bonds is 10. The van der Waals surface area contributed by atoms with Crippen LogP contribution < -0.4 is 0 Å². The summed E-state index contributed by atoms with van der Waals surface area (Å²) >= 11 is 0. The summed E-state index contributed by atoms with van der Waals surface area (Å²) in [6, 6.07) is 0. The van der Waals surface area contributed by atoms with Crippen molar-refractivity contribution in [2.24, 2.45) is 56.2 Å². The van der Waals surface area contributed by atoms with Crippen molar-refractivity contribution < 1.29 is 114 Å². The second-order valence-corrected chi connectivity index (χ2v) is 26.3. The molecular formula is C54H86O23. The molecule has 9 rings (SSSR count). The van der Waals surface area contributed by atoms with E-state index in [1.54, 1.807) is 0 Å². The molecule has 0 aromatic rings. The molecule has 9 aliphatic rings. The van der Waals surface area contributed by atoms with Gasteiger partial charge in [0.15, 0.2) is 18.7 Å². The van der Waals surface area contributed by atoms with E-state index < -0.39 is 182 Å². The Hall–Kier alpha value is -2.08. The van der Waals surface area contributed by atoms with Gasteiger partial charge in [0.05, 0.1) is 44.6 Å². The van der Waals surface area contributed by atoms with Crippen LogP contribution in [0.3, 0.4) is 0 Å². The van der Waals surface area contributed by atoms with Crippen molar-refractivity contribution in [2.75, 3.05) is 26.9 Å². The minimum absolute atomic E-state index is 0.00356. The van der Waals surface area contributed by atoms with Crippen LogP contribution in [0.2, 0.25) is 0 Å². The van der Waals surface area contributed by atoms with Crippen LogP contribution in [-0.2, 0) is 47.5 Å². The highest BCUT2D eigenvalue weighted by Crippen LogP contribution is 2.76. The maximum absolute atomic E-state index is 14.8. The maximum Gasteiger partial charge on any atom is 0.337 e. The molecule has 4 heterocycles. The van der Waals surface area contributed by atoms with Gasteiger partial charge in [0, 0.05) is 5.92 Å².